The van der Waals surface area contributed by atoms with Gasteiger partial charge < -0.3 is 34.3 Å². The fourth-order valence-corrected chi connectivity index (χ4v) is 7.67. The number of allylic oxidation sites excluding steroid dienone is 1. The number of hydrogen-bond acceptors (Lipinski definition) is 16. The molecule has 7 heterocycles. The number of ether oxygens (including phenoxy) is 2. The van der Waals surface area contributed by atoms with Gasteiger partial charge in [0.15, 0.2) is 11.5 Å². The molecule has 0 aliphatic carbocycles. The first kappa shape index (κ1) is 66.3. The van der Waals surface area contributed by atoms with Gasteiger partial charge in [-0.05, 0) is 112 Å². The Morgan fingerprint density at radius 1 is 0.703 bits per heavy atom. The van der Waals surface area contributed by atoms with E-state index in [0.29, 0.717) is 18.4 Å². The van der Waals surface area contributed by atoms with Gasteiger partial charge in [0.1, 0.15) is 23.6 Å². The van der Waals surface area contributed by atoms with Crippen molar-refractivity contribution in [1.82, 2.24) is 29.9 Å². The van der Waals surface area contributed by atoms with Crippen molar-refractivity contribution < 1.29 is 116 Å². The van der Waals surface area contributed by atoms with Crippen molar-refractivity contribution in [1.29, 1.82) is 0 Å². The van der Waals surface area contributed by atoms with E-state index in [4.69, 9.17) is 13.8 Å². The minimum absolute atomic E-state index is 0. The quantitative estimate of drug-likeness (QED) is 0.0362. The molecule has 1 saturated heterocycles. The maximum Gasteiger partial charge on any atom is 1.00 e. The van der Waals surface area contributed by atoms with Crippen molar-refractivity contribution >= 4 is 36.9 Å². The van der Waals surface area contributed by atoms with E-state index < -0.39 is 37.2 Å². The number of aromatic nitrogens is 6. The number of Topliss-reactive ketones (excluding diaryl/α,β-unsaturated/α-hetero) is 1. The van der Waals surface area contributed by atoms with Crippen molar-refractivity contribution in [2.45, 2.75) is 129 Å². The van der Waals surface area contributed by atoms with E-state index in [-0.39, 0.29) is 74.9 Å². The van der Waals surface area contributed by atoms with Crippen LogP contribution in [-0.4, -0.2) is 101 Å². The van der Waals surface area contributed by atoms with E-state index in [1.807, 2.05) is 6.07 Å². The monoisotopic (exact) mass is 1090 g/mol. The first-order valence-electron chi connectivity index (χ1n) is 24.0. The topological polar surface area (TPSA) is 213 Å². The van der Waals surface area contributed by atoms with E-state index in [9.17, 15) is 45.6 Å². The Morgan fingerprint density at radius 3 is 1.55 bits per heavy atom. The fraction of sp³-hybridized carbons (Fsp3) is 0.560. The number of anilines is 2. The van der Waals surface area contributed by atoms with Gasteiger partial charge in [-0.1, -0.05) is 32.9 Å². The van der Waals surface area contributed by atoms with E-state index >= 15 is 0 Å². The summed E-state index contributed by atoms with van der Waals surface area (Å²) in [5, 5.41) is 16.7. The van der Waals surface area contributed by atoms with Crippen molar-refractivity contribution in [2.24, 2.45) is 0 Å². The van der Waals surface area contributed by atoms with Gasteiger partial charge in [-0.25, -0.2) is 29.9 Å². The number of fused-ring (bicyclic) bond motifs is 2. The molecule has 0 unspecified atom stereocenters. The van der Waals surface area contributed by atoms with Crippen LogP contribution in [0.4, 0.5) is 38.0 Å². The number of carbonyl (C=O) groups is 2. The van der Waals surface area contributed by atoms with Crippen molar-refractivity contribution in [3.8, 4) is 5.75 Å². The summed E-state index contributed by atoms with van der Waals surface area (Å²) >= 11 is 0. The van der Waals surface area contributed by atoms with Crippen LogP contribution >= 0.6 is 7.60 Å². The predicted molar refractivity (Wildman–Crippen MR) is 263 cm³/mol. The number of nitrogens with one attached hydrogen (secondary N) is 2. The second kappa shape index (κ2) is 34.1. The summed E-state index contributed by atoms with van der Waals surface area (Å²) in [6.45, 7) is 8.83. The molecule has 404 valence electrons. The third-order valence-corrected chi connectivity index (χ3v) is 12.3. The van der Waals surface area contributed by atoms with Crippen LogP contribution in [0.3, 0.4) is 0 Å². The average Bonchev–Trinajstić information content (AvgIpc) is 3.96. The minimum atomic E-state index is -4.57. The summed E-state index contributed by atoms with van der Waals surface area (Å²) < 4.78 is 104. The number of aryl methyl sites for hydroxylation is 4. The standard InChI is InChI=1S/C20H21F3N4O.C16H25N2O4P.C6H5F3N2O.C4H8O.C4H9O.K/c21-20(22,23)19-25-12-14(13-26-19)7-10-17(28)6-2-1-5-16-9-8-15-4-3-11-24-18(15)27-16;1-21-23(20,22-2)12-15(19)8-4-3-7-14-10-9-13-6-5-11-17-16(13)18-14;1-12-4-2-10-5(11-3-4)6(7,8)9;1-2-4-5-3-1;1-4(2,3)5;/h7-10,12-13H,1-6,11H2,(H,24,27);9-10H,3-8,11-12H2,1-2H3,(H,17,18);2-3H,1H3;1-4H2;1-3H3;/q;;;;-1;+1/b10-7+;;;;;. The number of nitrogens with zero attached hydrogens (tertiary/aromatic N) is 6. The van der Waals surface area contributed by atoms with Crippen molar-refractivity contribution in [3.05, 3.63) is 94.9 Å². The summed E-state index contributed by atoms with van der Waals surface area (Å²) in [7, 11) is 0.696. The Labute approximate surface area is 472 Å². The van der Waals surface area contributed by atoms with Gasteiger partial charge in [0.25, 0.3) is 0 Å². The summed E-state index contributed by atoms with van der Waals surface area (Å²) in [6.07, 6.45) is 10.2. The zero-order valence-electron chi connectivity index (χ0n) is 43.4. The SMILES string of the molecule is C1CCOC1.CC(C)(C)[O-].COP(=O)(CC(=O)CCCCc1ccc2c(n1)NCCC2)OC.COc1cnc(C(F)(F)F)nc1.O=C(/C=C/c1cnc(C(F)(F)F)nc1)CCCCc1ccc2c(n1)NCCC2.[K+]. The molecule has 74 heavy (non-hydrogen) atoms. The number of rotatable bonds is 17. The minimum Gasteiger partial charge on any atom is -0.850 e. The zero-order chi connectivity index (χ0) is 53.9. The van der Waals surface area contributed by atoms with Gasteiger partial charge >= 0.3 is 71.3 Å². The third-order valence-electron chi connectivity index (χ3n) is 10.4. The normalized spacial score (nSPS) is 14.0. The van der Waals surface area contributed by atoms with Crippen LogP contribution in [0.25, 0.3) is 6.08 Å². The van der Waals surface area contributed by atoms with Crippen LogP contribution in [0.2, 0.25) is 0 Å². The molecule has 24 heteroatoms. The van der Waals surface area contributed by atoms with Crippen molar-refractivity contribution in [2.75, 3.05) is 64.4 Å². The predicted octanol–water partition coefficient (Wildman–Crippen LogP) is 6.90. The van der Waals surface area contributed by atoms with Crippen LogP contribution in [-0.2, 0) is 66.0 Å². The molecule has 0 amide bonds. The number of methoxy groups -OCH3 is 1. The maximum atomic E-state index is 12.4. The van der Waals surface area contributed by atoms with E-state index in [1.54, 1.807) is 20.8 Å². The molecular formula is C50H68F6KN8O8P. The summed E-state index contributed by atoms with van der Waals surface area (Å²) in [5.41, 5.74) is 4.20. The molecule has 0 radical (unpaired) electrons. The summed E-state index contributed by atoms with van der Waals surface area (Å²) in [5.74, 6) is -0.349. The van der Waals surface area contributed by atoms with Crippen LogP contribution in [0, 0.1) is 0 Å². The largest absolute Gasteiger partial charge is 1.00 e. The zero-order valence-corrected chi connectivity index (χ0v) is 47.4. The van der Waals surface area contributed by atoms with E-state index in [0.717, 1.165) is 138 Å². The first-order chi connectivity index (χ1) is 34.5. The number of alkyl halides is 6. The Balaban J connectivity index is 0.000000362. The van der Waals surface area contributed by atoms with Crippen LogP contribution < -0.4 is 71.9 Å². The number of hydrogen-bond donors (Lipinski definition) is 2. The third kappa shape index (κ3) is 27.8. The number of halogens is 6. The molecule has 3 aliphatic heterocycles. The number of pyridine rings is 2. The molecular weight excluding hydrogens is 1020 g/mol. The molecule has 0 saturated carbocycles. The molecule has 16 nitrogen and oxygen atoms in total. The molecule has 0 aromatic carbocycles. The number of ketones is 2. The fourth-order valence-electron chi connectivity index (χ4n) is 6.67. The Morgan fingerprint density at radius 2 is 1.15 bits per heavy atom. The van der Waals surface area contributed by atoms with Crippen LogP contribution in [0.5, 0.6) is 5.75 Å². The second-order valence-corrected chi connectivity index (χ2v) is 20.1. The first-order valence-corrected chi connectivity index (χ1v) is 25.7. The van der Waals surface area contributed by atoms with Gasteiger partial charge in [-0.2, -0.15) is 26.3 Å². The van der Waals surface area contributed by atoms with Gasteiger partial charge in [-0.15, -0.1) is 5.60 Å². The summed E-state index contributed by atoms with van der Waals surface area (Å²) in [6, 6.07) is 8.36. The molecule has 3 aliphatic rings. The molecule has 0 atom stereocenters. The van der Waals surface area contributed by atoms with Gasteiger partial charge in [-0.3, -0.25) is 14.2 Å². The molecule has 4 aromatic heterocycles. The molecule has 4 aromatic rings. The number of carbonyl (C=O) groups excluding carboxylic acids is 2. The van der Waals surface area contributed by atoms with Gasteiger partial charge in [0.2, 0.25) is 11.6 Å². The average molecular weight is 1090 g/mol. The Bertz CT molecular complexity index is 2330. The molecule has 7 rings (SSSR count). The Kier molecular flexibility index (Phi) is 30.6. The van der Waals surface area contributed by atoms with Gasteiger partial charge in [0, 0.05) is 82.7 Å². The molecule has 2 N–H and O–H groups in total. The molecule has 1 fully saturated rings. The van der Waals surface area contributed by atoms with E-state index in [2.05, 4.69) is 63.5 Å². The summed E-state index contributed by atoms with van der Waals surface area (Å²) in [4.78, 5) is 45.6. The Hall–Kier alpha value is -3.77. The van der Waals surface area contributed by atoms with Crippen LogP contribution in [0.1, 0.15) is 125 Å². The van der Waals surface area contributed by atoms with E-state index in [1.165, 1.54) is 57.4 Å². The van der Waals surface area contributed by atoms with Gasteiger partial charge in [0.05, 0.1) is 19.5 Å². The molecule has 0 bridgehead atoms. The van der Waals surface area contributed by atoms with Crippen LogP contribution in [0.15, 0.2) is 55.1 Å². The molecule has 0 spiro atoms. The maximum absolute atomic E-state index is 12.4. The van der Waals surface area contributed by atoms with Crippen molar-refractivity contribution in [3.63, 3.8) is 0 Å². The number of unbranched alkanes of at least 4 members (excludes halogenated alkanes) is 2. The second-order valence-electron chi connectivity index (χ2n) is 17.8. The smallest absolute Gasteiger partial charge is 0.850 e.